The number of fused-ring (bicyclic) bond motifs is 1. The van der Waals surface area contributed by atoms with Gasteiger partial charge in [0, 0.05) is 7.11 Å². The minimum Gasteiger partial charge on any atom is -0.481 e. The highest BCUT2D eigenvalue weighted by Gasteiger charge is 2.26. The van der Waals surface area contributed by atoms with Crippen LogP contribution in [-0.2, 0) is 15.1 Å². The Morgan fingerprint density at radius 3 is 2.81 bits per heavy atom. The van der Waals surface area contributed by atoms with Crippen LogP contribution < -0.4 is 0 Å². The van der Waals surface area contributed by atoms with E-state index in [2.05, 4.69) is 23.4 Å². The van der Waals surface area contributed by atoms with Crippen LogP contribution in [0.25, 0.3) is 11.0 Å². The Balaban J connectivity index is 2.56. The summed E-state index contributed by atoms with van der Waals surface area (Å²) in [5.74, 6) is -0.856. The fourth-order valence-corrected chi connectivity index (χ4v) is 3.28. The maximum Gasteiger partial charge on any atom is 0.313 e. The number of imidazole rings is 1. The number of carboxylic acid groups (broad SMARTS) is 1. The summed E-state index contributed by atoms with van der Waals surface area (Å²) in [4.78, 5) is 15.4. The number of rotatable bonds is 6. The van der Waals surface area contributed by atoms with Crippen LogP contribution in [0.3, 0.4) is 0 Å². The lowest BCUT2D eigenvalue weighted by Crippen LogP contribution is -2.32. The van der Waals surface area contributed by atoms with Crippen LogP contribution >= 0.6 is 11.8 Å². The van der Waals surface area contributed by atoms with Gasteiger partial charge in [-0.3, -0.25) is 4.79 Å². The monoisotopic (exact) mass is 308 g/mol. The predicted octanol–water partition coefficient (Wildman–Crippen LogP) is 2.90. The van der Waals surface area contributed by atoms with Crippen LogP contribution in [0, 0.1) is 6.92 Å². The van der Waals surface area contributed by atoms with E-state index >= 15 is 0 Å². The minimum absolute atomic E-state index is 0.00857. The zero-order chi connectivity index (χ0) is 15.6. The van der Waals surface area contributed by atoms with E-state index in [4.69, 9.17) is 9.84 Å². The fraction of sp³-hybridized carbons (Fsp3) is 0.467. The third-order valence-corrected chi connectivity index (χ3v) is 4.13. The number of ether oxygens (including phenoxy) is 1. The van der Waals surface area contributed by atoms with Crippen LogP contribution in [0.4, 0.5) is 0 Å². The van der Waals surface area contributed by atoms with Gasteiger partial charge in [-0.15, -0.1) is 0 Å². The second-order valence-corrected chi connectivity index (χ2v) is 6.59. The number of benzene rings is 1. The molecule has 5 nitrogen and oxygen atoms in total. The minimum atomic E-state index is -0.848. The maximum absolute atomic E-state index is 10.8. The van der Waals surface area contributed by atoms with Crippen LogP contribution in [0.1, 0.15) is 19.4 Å². The zero-order valence-corrected chi connectivity index (χ0v) is 13.5. The van der Waals surface area contributed by atoms with Crippen molar-refractivity contribution in [2.75, 3.05) is 19.5 Å². The van der Waals surface area contributed by atoms with E-state index in [1.807, 2.05) is 25.1 Å². The molecule has 0 radical (unpaired) electrons. The summed E-state index contributed by atoms with van der Waals surface area (Å²) in [5.41, 5.74) is 2.70. The molecule has 6 heteroatoms. The van der Waals surface area contributed by atoms with Crippen molar-refractivity contribution in [3.05, 3.63) is 23.8 Å². The second-order valence-electron chi connectivity index (χ2n) is 5.65. The van der Waals surface area contributed by atoms with Gasteiger partial charge in [-0.2, -0.15) is 0 Å². The van der Waals surface area contributed by atoms with Gasteiger partial charge < -0.3 is 14.4 Å². The molecule has 21 heavy (non-hydrogen) atoms. The lowest BCUT2D eigenvalue weighted by Gasteiger charge is -2.28. The normalized spacial score (nSPS) is 12.0. The van der Waals surface area contributed by atoms with E-state index in [9.17, 15) is 4.79 Å². The van der Waals surface area contributed by atoms with E-state index in [-0.39, 0.29) is 11.3 Å². The highest BCUT2D eigenvalue weighted by Crippen LogP contribution is 2.31. The van der Waals surface area contributed by atoms with Crippen LogP contribution in [0.15, 0.2) is 23.4 Å². The van der Waals surface area contributed by atoms with Crippen LogP contribution in [0.5, 0.6) is 0 Å². The van der Waals surface area contributed by atoms with Crippen LogP contribution in [0.2, 0.25) is 0 Å². The fourth-order valence-electron chi connectivity index (χ4n) is 2.39. The summed E-state index contributed by atoms with van der Waals surface area (Å²) in [6.45, 7) is 6.65. The molecule has 0 aliphatic rings. The molecule has 0 fully saturated rings. The van der Waals surface area contributed by atoms with Crippen molar-refractivity contribution in [1.82, 2.24) is 9.55 Å². The zero-order valence-electron chi connectivity index (χ0n) is 12.7. The highest BCUT2D eigenvalue weighted by molar-refractivity contribution is 7.99. The second kappa shape index (κ2) is 6.07. The molecule has 114 valence electrons. The number of hydrogen-bond acceptors (Lipinski definition) is 4. The number of thioether (sulfide) groups is 1. The quantitative estimate of drug-likeness (QED) is 0.831. The largest absolute Gasteiger partial charge is 0.481 e. The Labute approximate surface area is 128 Å². The summed E-state index contributed by atoms with van der Waals surface area (Å²) in [7, 11) is 1.66. The van der Waals surface area contributed by atoms with Gasteiger partial charge in [0.2, 0.25) is 0 Å². The SMILES string of the molecule is COCC(C)(C)n1c(SCC(=O)O)nc2cc(C)ccc21. The van der Waals surface area contributed by atoms with Gasteiger partial charge >= 0.3 is 5.97 Å². The standard InChI is InChI=1S/C15H20N2O3S/c1-10-5-6-12-11(7-10)16-14(21-8-13(18)19)17(12)15(2,3)9-20-4/h5-7H,8-9H2,1-4H3,(H,18,19). The van der Waals surface area contributed by atoms with E-state index in [1.165, 1.54) is 11.8 Å². The molecule has 2 rings (SSSR count). The Morgan fingerprint density at radius 2 is 2.19 bits per heavy atom. The molecule has 0 unspecified atom stereocenters. The Kier molecular flexibility index (Phi) is 4.58. The highest BCUT2D eigenvalue weighted by atomic mass is 32.2. The third kappa shape index (κ3) is 3.39. The smallest absolute Gasteiger partial charge is 0.313 e. The molecule has 1 aromatic heterocycles. The molecule has 0 atom stereocenters. The van der Waals surface area contributed by atoms with Crippen LogP contribution in [-0.4, -0.2) is 40.1 Å². The molecule has 1 aromatic carbocycles. The first-order valence-electron chi connectivity index (χ1n) is 6.68. The number of aliphatic carboxylic acids is 1. The first kappa shape index (κ1) is 15.9. The van der Waals surface area contributed by atoms with Crippen molar-refractivity contribution in [3.8, 4) is 0 Å². The van der Waals surface area contributed by atoms with Crippen molar-refractivity contribution in [3.63, 3.8) is 0 Å². The van der Waals surface area contributed by atoms with Gasteiger partial charge in [0.05, 0.1) is 28.9 Å². The Hall–Kier alpha value is -1.53. The Bertz CT molecular complexity index is 664. The molecule has 0 amide bonds. The molecular formula is C15H20N2O3S. The predicted molar refractivity (Wildman–Crippen MR) is 84.0 cm³/mol. The van der Waals surface area contributed by atoms with Gasteiger partial charge in [0.15, 0.2) is 5.16 Å². The molecule has 0 spiro atoms. The number of nitrogens with zero attached hydrogens (tertiary/aromatic N) is 2. The van der Waals surface area contributed by atoms with Crippen molar-refractivity contribution in [2.24, 2.45) is 0 Å². The summed E-state index contributed by atoms with van der Waals surface area (Å²) in [6, 6.07) is 6.08. The van der Waals surface area contributed by atoms with Gasteiger partial charge in [-0.05, 0) is 38.5 Å². The first-order valence-corrected chi connectivity index (χ1v) is 7.67. The number of carboxylic acids is 1. The third-order valence-electron chi connectivity index (χ3n) is 3.21. The topological polar surface area (TPSA) is 64.3 Å². The number of aromatic nitrogens is 2. The molecule has 1 N–H and O–H groups in total. The van der Waals surface area contributed by atoms with Crippen molar-refractivity contribution in [2.45, 2.75) is 31.5 Å². The maximum atomic E-state index is 10.8. The molecule has 0 aliphatic heterocycles. The summed E-state index contributed by atoms with van der Waals surface area (Å²) in [5, 5.41) is 9.62. The summed E-state index contributed by atoms with van der Waals surface area (Å²) in [6.07, 6.45) is 0. The van der Waals surface area contributed by atoms with Gasteiger partial charge in [0.1, 0.15) is 0 Å². The molecule has 0 saturated carbocycles. The van der Waals surface area contributed by atoms with E-state index in [1.54, 1.807) is 7.11 Å². The average molecular weight is 308 g/mol. The van der Waals surface area contributed by atoms with Crippen molar-refractivity contribution < 1.29 is 14.6 Å². The van der Waals surface area contributed by atoms with Gasteiger partial charge in [-0.25, -0.2) is 4.98 Å². The average Bonchev–Trinajstić information content (AvgIpc) is 2.74. The summed E-state index contributed by atoms with van der Waals surface area (Å²) < 4.78 is 7.38. The van der Waals surface area contributed by atoms with E-state index < -0.39 is 5.97 Å². The summed E-state index contributed by atoms with van der Waals surface area (Å²) >= 11 is 1.24. The lowest BCUT2D eigenvalue weighted by atomic mass is 10.1. The number of carbonyl (C=O) groups is 1. The van der Waals surface area contributed by atoms with E-state index in [0.717, 1.165) is 16.6 Å². The molecule has 0 aliphatic carbocycles. The number of methoxy groups -OCH3 is 1. The number of aryl methyl sites for hydroxylation is 1. The molecule has 0 bridgehead atoms. The van der Waals surface area contributed by atoms with E-state index in [0.29, 0.717) is 11.8 Å². The molecule has 1 heterocycles. The van der Waals surface area contributed by atoms with Gasteiger partial charge in [-0.1, -0.05) is 17.8 Å². The molecular weight excluding hydrogens is 288 g/mol. The lowest BCUT2D eigenvalue weighted by molar-refractivity contribution is -0.133. The molecule has 2 aromatic rings. The molecule has 0 saturated heterocycles. The van der Waals surface area contributed by atoms with Crippen molar-refractivity contribution in [1.29, 1.82) is 0 Å². The van der Waals surface area contributed by atoms with Gasteiger partial charge in [0.25, 0.3) is 0 Å². The first-order chi connectivity index (χ1) is 9.85. The van der Waals surface area contributed by atoms with Crippen molar-refractivity contribution >= 4 is 28.8 Å². The number of hydrogen-bond donors (Lipinski definition) is 1. The Morgan fingerprint density at radius 1 is 1.48 bits per heavy atom.